The maximum absolute atomic E-state index is 12.8. The second kappa shape index (κ2) is 9.83. The highest BCUT2D eigenvalue weighted by atomic mass is 16.5. The Morgan fingerprint density at radius 1 is 1.14 bits per heavy atom. The molecule has 2 aliphatic heterocycles. The normalized spacial score (nSPS) is 19.9. The number of carbonyl (C=O) groups is 2. The fraction of sp³-hybridized carbons (Fsp3) is 0.407. The van der Waals surface area contributed by atoms with E-state index in [2.05, 4.69) is 10.3 Å². The van der Waals surface area contributed by atoms with Gasteiger partial charge in [0.2, 0.25) is 0 Å². The van der Waals surface area contributed by atoms with Crippen molar-refractivity contribution in [3.63, 3.8) is 0 Å². The van der Waals surface area contributed by atoms with Crippen molar-refractivity contribution in [2.24, 2.45) is 12.5 Å². The van der Waals surface area contributed by atoms with Gasteiger partial charge in [0.15, 0.2) is 11.8 Å². The van der Waals surface area contributed by atoms with Crippen molar-refractivity contribution < 1.29 is 19.4 Å². The summed E-state index contributed by atoms with van der Waals surface area (Å²) in [5.74, 6) is -0.788. The minimum absolute atomic E-state index is 0.0544. The SMILES string of the molecule is Cn1c(=O)c(C(=O)NCC2CC3(CCN(C(=O)[C@H](O)c4ccccc4)CC3)CO2)nc2ccccc21. The van der Waals surface area contributed by atoms with Crippen molar-refractivity contribution >= 4 is 22.8 Å². The zero-order chi connectivity index (χ0) is 25.3. The minimum Gasteiger partial charge on any atom is -0.378 e. The molecule has 0 aliphatic carbocycles. The van der Waals surface area contributed by atoms with E-state index in [1.54, 1.807) is 48.3 Å². The molecule has 2 fully saturated rings. The number of fused-ring (bicyclic) bond motifs is 1. The van der Waals surface area contributed by atoms with E-state index in [1.165, 1.54) is 4.57 Å². The molecule has 2 N–H and O–H groups in total. The van der Waals surface area contributed by atoms with Gasteiger partial charge in [-0.1, -0.05) is 42.5 Å². The molecule has 1 spiro atoms. The Labute approximate surface area is 208 Å². The Hall–Kier alpha value is -3.56. The van der Waals surface area contributed by atoms with Gasteiger partial charge in [0, 0.05) is 26.7 Å². The summed E-state index contributed by atoms with van der Waals surface area (Å²) in [6, 6.07) is 16.2. The van der Waals surface area contributed by atoms with Gasteiger partial charge in [0.05, 0.1) is 23.7 Å². The predicted molar refractivity (Wildman–Crippen MR) is 133 cm³/mol. The molecule has 0 saturated carbocycles. The van der Waals surface area contributed by atoms with Crippen LogP contribution >= 0.6 is 0 Å². The van der Waals surface area contributed by atoms with E-state index in [0.717, 1.165) is 19.3 Å². The molecule has 2 aromatic carbocycles. The van der Waals surface area contributed by atoms with Crippen molar-refractivity contribution in [1.29, 1.82) is 0 Å². The van der Waals surface area contributed by atoms with Gasteiger partial charge in [-0.3, -0.25) is 14.4 Å². The first kappa shape index (κ1) is 24.1. The largest absolute Gasteiger partial charge is 0.378 e. The van der Waals surface area contributed by atoms with Crippen LogP contribution in [-0.2, 0) is 16.6 Å². The molecule has 3 heterocycles. The number of hydrogen-bond donors (Lipinski definition) is 2. The molecule has 0 radical (unpaired) electrons. The Kier molecular flexibility index (Phi) is 6.59. The topological polar surface area (TPSA) is 114 Å². The van der Waals surface area contributed by atoms with Gasteiger partial charge in [0.25, 0.3) is 17.4 Å². The Morgan fingerprint density at radius 2 is 1.83 bits per heavy atom. The van der Waals surface area contributed by atoms with Gasteiger partial charge in [0.1, 0.15) is 0 Å². The van der Waals surface area contributed by atoms with E-state index in [0.29, 0.717) is 36.3 Å². The lowest BCUT2D eigenvalue weighted by atomic mass is 9.76. The molecule has 1 aromatic heterocycles. The number of aryl methyl sites for hydroxylation is 1. The molecule has 2 saturated heterocycles. The number of carbonyl (C=O) groups excluding carboxylic acids is 2. The molecule has 0 bridgehead atoms. The van der Waals surface area contributed by atoms with Crippen molar-refractivity contribution in [1.82, 2.24) is 19.8 Å². The van der Waals surface area contributed by atoms with Crippen LogP contribution in [0.3, 0.4) is 0 Å². The molecule has 36 heavy (non-hydrogen) atoms. The summed E-state index contributed by atoms with van der Waals surface area (Å²) < 4.78 is 7.43. The maximum atomic E-state index is 12.8. The third-order valence-corrected chi connectivity index (χ3v) is 7.46. The second-order valence-corrected chi connectivity index (χ2v) is 9.80. The van der Waals surface area contributed by atoms with Gasteiger partial charge < -0.3 is 24.6 Å². The first-order valence-corrected chi connectivity index (χ1v) is 12.2. The van der Waals surface area contributed by atoms with E-state index < -0.39 is 17.6 Å². The molecular weight excluding hydrogens is 460 g/mol. The lowest BCUT2D eigenvalue weighted by Gasteiger charge is -2.39. The average Bonchev–Trinajstić information content (AvgIpc) is 3.31. The Balaban J connectivity index is 1.15. The van der Waals surface area contributed by atoms with Crippen LogP contribution in [0.25, 0.3) is 11.0 Å². The number of piperidine rings is 1. The zero-order valence-electron chi connectivity index (χ0n) is 20.2. The maximum Gasteiger partial charge on any atom is 0.282 e. The second-order valence-electron chi connectivity index (χ2n) is 9.80. The van der Waals surface area contributed by atoms with Crippen LogP contribution < -0.4 is 10.9 Å². The highest BCUT2D eigenvalue weighted by Crippen LogP contribution is 2.42. The number of aliphatic hydroxyl groups is 1. The lowest BCUT2D eigenvalue weighted by molar-refractivity contribution is -0.143. The number of aromatic nitrogens is 2. The van der Waals surface area contributed by atoms with Crippen molar-refractivity contribution in [2.75, 3.05) is 26.2 Å². The van der Waals surface area contributed by atoms with Crippen LogP contribution in [0.5, 0.6) is 0 Å². The average molecular weight is 491 g/mol. The quantitative estimate of drug-likeness (QED) is 0.564. The van der Waals surface area contributed by atoms with Crippen LogP contribution in [-0.4, -0.2) is 63.7 Å². The number of rotatable bonds is 5. The predicted octanol–water partition coefficient (Wildman–Crippen LogP) is 1.79. The van der Waals surface area contributed by atoms with Gasteiger partial charge in [-0.15, -0.1) is 0 Å². The lowest BCUT2D eigenvalue weighted by Crippen LogP contribution is -2.45. The monoisotopic (exact) mass is 490 g/mol. The van der Waals surface area contributed by atoms with Crippen LogP contribution in [0.1, 0.15) is 41.4 Å². The van der Waals surface area contributed by atoms with Crippen LogP contribution in [0.4, 0.5) is 0 Å². The van der Waals surface area contributed by atoms with Crippen molar-refractivity contribution in [3.8, 4) is 0 Å². The molecule has 2 amide bonds. The van der Waals surface area contributed by atoms with E-state index in [9.17, 15) is 19.5 Å². The van der Waals surface area contributed by atoms with Crippen molar-refractivity contribution in [3.05, 3.63) is 76.2 Å². The van der Waals surface area contributed by atoms with Gasteiger partial charge >= 0.3 is 0 Å². The van der Waals surface area contributed by atoms with Crippen LogP contribution in [0.15, 0.2) is 59.4 Å². The molecule has 2 atom stereocenters. The van der Waals surface area contributed by atoms with E-state index in [4.69, 9.17) is 4.74 Å². The molecular formula is C27H30N4O5. The number of likely N-dealkylation sites (tertiary alicyclic amines) is 1. The smallest absolute Gasteiger partial charge is 0.282 e. The third kappa shape index (κ3) is 4.64. The number of ether oxygens (including phenoxy) is 1. The fourth-order valence-corrected chi connectivity index (χ4v) is 5.24. The summed E-state index contributed by atoms with van der Waals surface area (Å²) in [5.41, 5.74) is 1.22. The third-order valence-electron chi connectivity index (χ3n) is 7.46. The number of nitrogens with zero attached hydrogens (tertiary/aromatic N) is 3. The summed E-state index contributed by atoms with van der Waals surface area (Å²) in [4.78, 5) is 44.2. The number of para-hydroxylation sites is 2. The highest BCUT2D eigenvalue weighted by Gasteiger charge is 2.43. The number of nitrogens with one attached hydrogen (secondary N) is 1. The number of benzene rings is 2. The molecule has 1 unspecified atom stereocenters. The minimum atomic E-state index is -1.15. The van der Waals surface area contributed by atoms with Gasteiger partial charge in [-0.2, -0.15) is 0 Å². The summed E-state index contributed by atoms with van der Waals surface area (Å²) in [5, 5.41) is 13.3. The number of hydrogen-bond acceptors (Lipinski definition) is 6. The first-order chi connectivity index (χ1) is 17.4. The Bertz CT molecular complexity index is 1330. The molecule has 5 rings (SSSR count). The van der Waals surface area contributed by atoms with E-state index >= 15 is 0 Å². The summed E-state index contributed by atoms with van der Waals surface area (Å²) in [6.45, 7) is 1.96. The van der Waals surface area contributed by atoms with Crippen molar-refractivity contribution in [2.45, 2.75) is 31.5 Å². The summed E-state index contributed by atoms with van der Waals surface area (Å²) in [7, 11) is 1.63. The highest BCUT2D eigenvalue weighted by molar-refractivity contribution is 5.93. The fourth-order valence-electron chi connectivity index (χ4n) is 5.24. The number of amides is 2. The summed E-state index contributed by atoms with van der Waals surface area (Å²) in [6.07, 6.45) is 0.990. The van der Waals surface area contributed by atoms with Crippen LogP contribution in [0.2, 0.25) is 0 Å². The standard InChI is InChI=1S/C27H30N4O5/c1-30-21-10-6-5-9-20(21)29-22(25(30)34)24(33)28-16-19-15-27(17-36-19)11-13-31(14-12-27)26(35)23(32)18-7-3-2-4-8-18/h2-10,19,23,32H,11-17H2,1H3,(H,28,33)/t19?,23-/m1/s1. The molecule has 3 aromatic rings. The van der Waals surface area contributed by atoms with E-state index in [1.807, 2.05) is 18.2 Å². The number of aliphatic hydroxyl groups excluding tert-OH is 1. The zero-order valence-corrected chi connectivity index (χ0v) is 20.2. The first-order valence-electron chi connectivity index (χ1n) is 12.2. The molecule has 9 nitrogen and oxygen atoms in total. The van der Waals surface area contributed by atoms with Crippen LogP contribution in [0, 0.1) is 5.41 Å². The molecule has 9 heteroatoms. The molecule has 2 aliphatic rings. The Morgan fingerprint density at radius 3 is 2.58 bits per heavy atom. The molecule has 188 valence electrons. The van der Waals surface area contributed by atoms with Gasteiger partial charge in [-0.05, 0) is 42.4 Å². The summed E-state index contributed by atoms with van der Waals surface area (Å²) >= 11 is 0. The van der Waals surface area contributed by atoms with Gasteiger partial charge in [-0.25, -0.2) is 4.98 Å². The van der Waals surface area contributed by atoms with E-state index in [-0.39, 0.29) is 29.7 Å².